The number of hydrogen-bond acceptors (Lipinski definition) is 4. The monoisotopic (exact) mass is 368 g/mol. The molecule has 3 heterocycles. The molecule has 142 valence electrons. The molecule has 0 bridgehead atoms. The zero-order valence-corrected chi connectivity index (χ0v) is 15.3. The molecule has 1 N–H and O–H groups in total. The highest BCUT2D eigenvalue weighted by atomic mass is 16.5. The second kappa shape index (κ2) is 7.92. The Labute approximate surface area is 158 Å². The summed E-state index contributed by atoms with van der Waals surface area (Å²) >= 11 is 0. The highest BCUT2D eigenvalue weighted by Crippen LogP contribution is 2.27. The molecule has 2 saturated heterocycles. The summed E-state index contributed by atoms with van der Waals surface area (Å²) in [4.78, 5) is 29.0. The van der Waals surface area contributed by atoms with Crippen molar-refractivity contribution in [2.75, 3.05) is 39.4 Å². The first-order valence-electron chi connectivity index (χ1n) is 9.49. The van der Waals surface area contributed by atoms with Crippen molar-refractivity contribution in [1.82, 2.24) is 20.0 Å². The summed E-state index contributed by atoms with van der Waals surface area (Å²) in [5.41, 5.74) is 2.08. The van der Waals surface area contributed by atoms with Gasteiger partial charge >= 0.3 is 0 Å². The fourth-order valence-electron chi connectivity index (χ4n) is 3.76. The van der Waals surface area contributed by atoms with Crippen LogP contribution in [-0.2, 0) is 4.74 Å². The van der Waals surface area contributed by atoms with Crippen LogP contribution in [0.2, 0.25) is 0 Å². The minimum Gasteiger partial charge on any atom is -0.378 e. The van der Waals surface area contributed by atoms with Crippen LogP contribution in [-0.4, -0.2) is 71.2 Å². The average Bonchev–Trinajstić information content (AvgIpc) is 3.24. The van der Waals surface area contributed by atoms with Gasteiger partial charge in [0.2, 0.25) is 0 Å². The van der Waals surface area contributed by atoms with E-state index in [2.05, 4.69) is 10.2 Å². The second-order valence-electron chi connectivity index (χ2n) is 7.07. The minimum atomic E-state index is -0.0613. The molecule has 1 aromatic heterocycles. The summed E-state index contributed by atoms with van der Waals surface area (Å²) in [7, 11) is 0. The fraction of sp³-hybridized carbons (Fsp3) is 0.450. The Morgan fingerprint density at radius 3 is 2.59 bits per heavy atom. The van der Waals surface area contributed by atoms with Crippen LogP contribution in [0.4, 0.5) is 0 Å². The third-order valence-electron chi connectivity index (χ3n) is 5.28. The highest BCUT2D eigenvalue weighted by Gasteiger charge is 2.28. The van der Waals surface area contributed by atoms with Gasteiger partial charge in [0.1, 0.15) is 5.69 Å². The Kier molecular flexibility index (Phi) is 5.20. The number of nitrogens with one attached hydrogen (secondary N) is 1. The lowest BCUT2D eigenvalue weighted by molar-refractivity contribution is 0.0299. The number of rotatable bonds is 3. The van der Waals surface area contributed by atoms with E-state index in [4.69, 9.17) is 4.74 Å². The van der Waals surface area contributed by atoms with Crippen LogP contribution in [0.1, 0.15) is 45.3 Å². The molecular formula is C20H24N4O3. The van der Waals surface area contributed by atoms with Crippen molar-refractivity contribution in [2.45, 2.75) is 18.8 Å². The van der Waals surface area contributed by atoms with Crippen LogP contribution >= 0.6 is 0 Å². The van der Waals surface area contributed by atoms with Gasteiger partial charge in [-0.2, -0.15) is 5.10 Å². The molecule has 0 aliphatic carbocycles. The number of benzene rings is 1. The van der Waals surface area contributed by atoms with Crippen LogP contribution in [0.15, 0.2) is 36.4 Å². The smallest absolute Gasteiger partial charge is 0.274 e. The molecule has 2 aliphatic rings. The molecule has 2 fully saturated rings. The van der Waals surface area contributed by atoms with Crippen LogP contribution in [0.3, 0.4) is 0 Å². The van der Waals surface area contributed by atoms with Gasteiger partial charge in [-0.25, -0.2) is 0 Å². The van der Waals surface area contributed by atoms with Gasteiger partial charge in [0.05, 0.1) is 13.2 Å². The van der Waals surface area contributed by atoms with Crippen molar-refractivity contribution >= 4 is 11.8 Å². The number of nitrogens with zero attached hydrogens (tertiary/aromatic N) is 3. The zero-order valence-electron chi connectivity index (χ0n) is 15.3. The molecule has 0 saturated carbocycles. The third kappa shape index (κ3) is 3.88. The zero-order chi connectivity index (χ0) is 18.6. The van der Waals surface area contributed by atoms with Crippen molar-refractivity contribution in [3.05, 3.63) is 53.3 Å². The second-order valence-corrected chi connectivity index (χ2v) is 7.07. The molecule has 2 amide bonds. The first kappa shape index (κ1) is 17.7. The number of amides is 2. The third-order valence-corrected chi connectivity index (χ3v) is 5.28. The fourth-order valence-corrected chi connectivity index (χ4v) is 3.76. The predicted molar refractivity (Wildman–Crippen MR) is 99.6 cm³/mol. The molecule has 0 unspecified atom stereocenters. The number of morpholine rings is 1. The normalized spacial score (nSPS) is 20.5. The van der Waals surface area contributed by atoms with Gasteiger partial charge in [-0.1, -0.05) is 18.2 Å². The average molecular weight is 368 g/mol. The van der Waals surface area contributed by atoms with Gasteiger partial charge in [-0.05, 0) is 31.0 Å². The van der Waals surface area contributed by atoms with E-state index in [9.17, 15) is 9.59 Å². The first-order valence-corrected chi connectivity index (χ1v) is 9.49. The summed E-state index contributed by atoms with van der Waals surface area (Å²) < 4.78 is 5.30. The summed E-state index contributed by atoms with van der Waals surface area (Å²) in [6, 6.07) is 11.2. The summed E-state index contributed by atoms with van der Waals surface area (Å²) in [5, 5.41) is 7.26. The Morgan fingerprint density at radius 2 is 1.81 bits per heavy atom. The standard InChI is InChI=1S/C20H24N4O3/c25-19(15-5-2-1-3-6-15)24-8-4-7-16(14-24)17-13-18(22-21-17)20(26)23-9-11-27-12-10-23/h1-3,5-6,13,16H,4,7-12,14H2,(H,21,22)/t16-/m1/s1. The van der Waals surface area contributed by atoms with Crippen molar-refractivity contribution in [2.24, 2.45) is 0 Å². The molecule has 1 aromatic carbocycles. The maximum atomic E-state index is 12.7. The van der Waals surface area contributed by atoms with E-state index in [1.807, 2.05) is 41.3 Å². The van der Waals surface area contributed by atoms with Crippen LogP contribution in [0.25, 0.3) is 0 Å². The lowest BCUT2D eigenvalue weighted by Gasteiger charge is -2.32. The van der Waals surface area contributed by atoms with E-state index in [0.29, 0.717) is 44.1 Å². The molecule has 1 atom stereocenters. The quantitative estimate of drug-likeness (QED) is 0.898. The lowest BCUT2D eigenvalue weighted by atomic mass is 9.94. The van der Waals surface area contributed by atoms with E-state index >= 15 is 0 Å². The summed E-state index contributed by atoms with van der Waals surface area (Å²) in [6.45, 7) is 3.75. The van der Waals surface area contributed by atoms with E-state index in [1.165, 1.54) is 0 Å². The summed E-state index contributed by atoms with van der Waals surface area (Å²) in [6.07, 6.45) is 1.92. The van der Waals surface area contributed by atoms with Crippen molar-refractivity contribution in [3.63, 3.8) is 0 Å². The SMILES string of the molecule is O=C(c1ccccc1)N1CCC[C@@H](c2cc(C(=O)N3CCOCC3)n[nH]2)C1. The number of H-pyrrole nitrogens is 1. The Hall–Kier alpha value is -2.67. The maximum absolute atomic E-state index is 12.7. The lowest BCUT2D eigenvalue weighted by Crippen LogP contribution is -2.40. The number of hydrogen-bond donors (Lipinski definition) is 1. The Morgan fingerprint density at radius 1 is 1.04 bits per heavy atom. The topological polar surface area (TPSA) is 78.5 Å². The van der Waals surface area contributed by atoms with Gasteiger partial charge in [-0.15, -0.1) is 0 Å². The largest absolute Gasteiger partial charge is 0.378 e. The van der Waals surface area contributed by atoms with E-state index in [-0.39, 0.29) is 17.7 Å². The highest BCUT2D eigenvalue weighted by molar-refractivity contribution is 5.94. The number of carbonyl (C=O) groups excluding carboxylic acids is 2. The first-order chi connectivity index (χ1) is 13.2. The van der Waals surface area contributed by atoms with Crippen molar-refractivity contribution in [1.29, 1.82) is 0 Å². The number of piperidine rings is 1. The van der Waals surface area contributed by atoms with Crippen LogP contribution < -0.4 is 0 Å². The predicted octanol–water partition coefficient (Wildman–Crippen LogP) is 1.90. The molecule has 0 spiro atoms. The van der Waals surface area contributed by atoms with Gasteiger partial charge < -0.3 is 14.5 Å². The maximum Gasteiger partial charge on any atom is 0.274 e. The van der Waals surface area contributed by atoms with Gasteiger partial charge in [0.15, 0.2) is 0 Å². The van der Waals surface area contributed by atoms with E-state index in [1.54, 1.807) is 4.90 Å². The summed E-state index contributed by atoms with van der Waals surface area (Å²) in [5.74, 6) is 0.170. The minimum absolute atomic E-state index is 0.0597. The molecule has 4 rings (SSSR count). The van der Waals surface area contributed by atoms with E-state index < -0.39 is 0 Å². The molecule has 27 heavy (non-hydrogen) atoms. The van der Waals surface area contributed by atoms with Gasteiger partial charge in [0.25, 0.3) is 11.8 Å². The number of likely N-dealkylation sites (tertiary alicyclic amines) is 1. The number of carbonyl (C=O) groups is 2. The van der Waals surface area contributed by atoms with Crippen LogP contribution in [0.5, 0.6) is 0 Å². The molecule has 2 aromatic rings. The van der Waals surface area contributed by atoms with Crippen molar-refractivity contribution < 1.29 is 14.3 Å². The number of ether oxygens (including phenoxy) is 1. The molecule has 2 aliphatic heterocycles. The number of aromatic amines is 1. The van der Waals surface area contributed by atoms with E-state index in [0.717, 1.165) is 25.1 Å². The molecular weight excluding hydrogens is 344 g/mol. The van der Waals surface area contributed by atoms with Gasteiger partial charge in [0, 0.05) is 43.4 Å². The molecule has 7 heteroatoms. The van der Waals surface area contributed by atoms with Crippen molar-refractivity contribution in [3.8, 4) is 0 Å². The van der Waals surface area contributed by atoms with Gasteiger partial charge in [-0.3, -0.25) is 14.7 Å². The Balaban J connectivity index is 1.43. The Bertz CT molecular complexity index is 799. The molecule has 7 nitrogen and oxygen atoms in total. The van der Waals surface area contributed by atoms with Crippen LogP contribution in [0, 0.1) is 0 Å². The molecule has 0 radical (unpaired) electrons. The number of aromatic nitrogens is 2.